The first kappa shape index (κ1) is 11.4. The van der Waals surface area contributed by atoms with Gasteiger partial charge in [-0.3, -0.25) is 19.3 Å². The number of carbonyl (C=O) groups excluding carboxylic acids is 2. The van der Waals surface area contributed by atoms with E-state index in [2.05, 4.69) is 0 Å². The highest BCUT2D eigenvalue weighted by Gasteiger charge is 2.34. The number of nitrogens with zero attached hydrogens (tertiary/aromatic N) is 1. The molecule has 1 rings (SSSR count). The van der Waals surface area contributed by atoms with Gasteiger partial charge in [0.25, 0.3) is 11.8 Å². The molecule has 1 atom stereocenters. The molecule has 1 unspecified atom stereocenters. The summed E-state index contributed by atoms with van der Waals surface area (Å²) < 4.78 is 0. The van der Waals surface area contributed by atoms with Crippen molar-refractivity contribution in [1.29, 1.82) is 0 Å². The zero-order valence-electron chi connectivity index (χ0n) is 8.64. The molecule has 1 aliphatic heterocycles. The highest BCUT2D eigenvalue weighted by atomic mass is 16.4. The number of imide groups is 1. The Kier molecular flexibility index (Phi) is 3.24. The van der Waals surface area contributed by atoms with Crippen LogP contribution in [0.15, 0.2) is 12.2 Å². The van der Waals surface area contributed by atoms with Crippen molar-refractivity contribution in [3.8, 4) is 0 Å². The van der Waals surface area contributed by atoms with E-state index in [0.29, 0.717) is 0 Å². The van der Waals surface area contributed by atoms with E-state index in [-0.39, 0.29) is 12.3 Å². The standard InChI is InChI=1S/C10H13NO4/c1-6(2)7(5-10(14)15)11-8(12)3-4-9(11)13/h3-4,6-7H,5H2,1-2H3,(H,14,15). The molecule has 0 saturated heterocycles. The Hall–Kier alpha value is -1.65. The van der Waals surface area contributed by atoms with Crippen LogP contribution in [0, 0.1) is 5.92 Å². The number of hydrogen-bond acceptors (Lipinski definition) is 3. The van der Waals surface area contributed by atoms with Gasteiger partial charge in [-0.05, 0) is 5.92 Å². The van der Waals surface area contributed by atoms with Crippen molar-refractivity contribution in [3.63, 3.8) is 0 Å². The highest BCUT2D eigenvalue weighted by molar-refractivity contribution is 6.13. The van der Waals surface area contributed by atoms with Crippen LogP contribution in [0.2, 0.25) is 0 Å². The van der Waals surface area contributed by atoms with E-state index in [1.807, 2.05) is 0 Å². The second kappa shape index (κ2) is 4.25. The highest BCUT2D eigenvalue weighted by Crippen LogP contribution is 2.19. The van der Waals surface area contributed by atoms with Crippen molar-refractivity contribution in [2.24, 2.45) is 5.92 Å². The number of rotatable bonds is 4. The lowest BCUT2D eigenvalue weighted by molar-refractivity contribution is -0.144. The summed E-state index contributed by atoms with van der Waals surface area (Å²) in [6, 6.07) is -0.572. The van der Waals surface area contributed by atoms with E-state index in [9.17, 15) is 14.4 Å². The number of amides is 2. The van der Waals surface area contributed by atoms with Gasteiger partial charge < -0.3 is 5.11 Å². The third-order valence-electron chi connectivity index (χ3n) is 2.33. The Bertz CT molecular complexity index is 314. The van der Waals surface area contributed by atoms with Gasteiger partial charge in [-0.15, -0.1) is 0 Å². The van der Waals surface area contributed by atoms with Crippen LogP contribution in [0.5, 0.6) is 0 Å². The van der Waals surface area contributed by atoms with E-state index >= 15 is 0 Å². The van der Waals surface area contributed by atoms with Crippen molar-refractivity contribution >= 4 is 17.8 Å². The average molecular weight is 211 g/mol. The van der Waals surface area contributed by atoms with Gasteiger partial charge in [0.1, 0.15) is 0 Å². The van der Waals surface area contributed by atoms with Crippen LogP contribution in [0.3, 0.4) is 0 Å². The van der Waals surface area contributed by atoms with E-state index in [4.69, 9.17) is 5.11 Å². The zero-order valence-corrected chi connectivity index (χ0v) is 8.64. The largest absolute Gasteiger partial charge is 0.481 e. The number of carboxylic acids is 1. The molecule has 0 aliphatic carbocycles. The van der Waals surface area contributed by atoms with Crippen LogP contribution >= 0.6 is 0 Å². The lowest BCUT2D eigenvalue weighted by Gasteiger charge is -2.27. The quantitative estimate of drug-likeness (QED) is 0.683. The van der Waals surface area contributed by atoms with Gasteiger partial charge in [0.05, 0.1) is 12.5 Å². The molecule has 0 fully saturated rings. The number of aliphatic carboxylic acids is 1. The second-order valence-electron chi connectivity index (χ2n) is 3.79. The molecule has 0 aromatic heterocycles. The van der Waals surface area contributed by atoms with Crippen molar-refractivity contribution in [2.45, 2.75) is 26.3 Å². The summed E-state index contributed by atoms with van der Waals surface area (Å²) in [5.74, 6) is -1.95. The summed E-state index contributed by atoms with van der Waals surface area (Å²) in [4.78, 5) is 34.3. The average Bonchev–Trinajstić information content (AvgIpc) is 2.42. The molecule has 0 bridgehead atoms. The van der Waals surface area contributed by atoms with E-state index in [1.54, 1.807) is 13.8 Å². The summed E-state index contributed by atoms with van der Waals surface area (Å²) in [5, 5.41) is 8.70. The molecule has 0 spiro atoms. The summed E-state index contributed by atoms with van der Waals surface area (Å²) in [5.41, 5.74) is 0. The Morgan fingerprint density at radius 2 is 1.80 bits per heavy atom. The molecule has 15 heavy (non-hydrogen) atoms. The fourth-order valence-corrected chi connectivity index (χ4v) is 1.54. The summed E-state index contributed by atoms with van der Waals surface area (Å²) in [7, 11) is 0. The minimum Gasteiger partial charge on any atom is -0.481 e. The first-order chi connectivity index (χ1) is 6.93. The first-order valence-electron chi connectivity index (χ1n) is 4.70. The predicted octanol–water partition coefficient (Wildman–Crippen LogP) is 0.411. The summed E-state index contributed by atoms with van der Waals surface area (Å²) >= 11 is 0. The van der Waals surface area contributed by atoms with Crippen LogP contribution in [0.1, 0.15) is 20.3 Å². The normalized spacial score (nSPS) is 17.7. The van der Waals surface area contributed by atoms with Crippen LogP contribution in [-0.4, -0.2) is 33.8 Å². The second-order valence-corrected chi connectivity index (χ2v) is 3.79. The first-order valence-corrected chi connectivity index (χ1v) is 4.70. The number of carboxylic acid groups (broad SMARTS) is 1. The van der Waals surface area contributed by atoms with E-state index in [0.717, 1.165) is 4.90 Å². The maximum absolute atomic E-state index is 11.3. The molecular formula is C10H13NO4. The Morgan fingerprint density at radius 1 is 1.33 bits per heavy atom. The molecular weight excluding hydrogens is 198 g/mol. The smallest absolute Gasteiger partial charge is 0.305 e. The minimum absolute atomic E-state index is 0.0751. The Labute approximate surface area is 87.4 Å². The lowest BCUT2D eigenvalue weighted by atomic mass is 9.99. The third kappa shape index (κ3) is 2.43. The zero-order chi connectivity index (χ0) is 11.6. The molecule has 1 aliphatic rings. The van der Waals surface area contributed by atoms with Crippen molar-refractivity contribution in [1.82, 2.24) is 4.90 Å². The minimum atomic E-state index is -1.01. The van der Waals surface area contributed by atoms with Gasteiger partial charge in [-0.25, -0.2) is 0 Å². The molecule has 0 saturated carbocycles. The molecule has 1 heterocycles. The fraction of sp³-hybridized carbons (Fsp3) is 0.500. The Balaban J connectivity index is 2.85. The molecule has 82 valence electrons. The van der Waals surface area contributed by atoms with Crippen LogP contribution in [-0.2, 0) is 14.4 Å². The fourth-order valence-electron chi connectivity index (χ4n) is 1.54. The molecule has 0 aromatic rings. The maximum Gasteiger partial charge on any atom is 0.305 e. The molecule has 0 radical (unpaired) electrons. The van der Waals surface area contributed by atoms with Gasteiger partial charge in [0.15, 0.2) is 0 Å². The Morgan fingerprint density at radius 3 is 2.13 bits per heavy atom. The maximum atomic E-state index is 11.3. The van der Waals surface area contributed by atoms with Crippen molar-refractivity contribution in [3.05, 3.63) is 12.2 Å². The molecule has 5 nitrogen and oxygen atoms in total. The van der Waals surface area contributed by atoms with Crippen molar-refractivity contribution in [2.75, 3.05) is 0 Å². The molecule has 1 N–H and O–H groups in total. The SMILES string of the molecule is CC(C)C(CC(=O)O)N1C(=O)C=CC1=O. The van der Waals surface area contributed by atoms with E-state index < -0.39 is 23.8 Å². The molecule has 0 aromatic carbocycles. The van der Waals surface area contributed by atoms with Crippen LogP contribution in [0.25, 0.3) is 0 Å². The predicted molar refractivity (Wildman–Crippen MR) is 51.9 cm³/mol. The van der Waals surface area contributed by atoms with Crippen LogP contribution < -0.4 is 0 Å². The van der Waals surface area contributed by atoms with Crippen molar-refractivity contribution < 1.29 is 19.5 Å². The van der Waals surface area contributed by atoms with Crippen LogP contribution in [0.4, 0.5) is 0 Å². The molecule has 2 amide bonds. The summed E-state index contributed by atoms with van der Waals surface area (Å²) in [6.45, 7) is 3.57. The third-order valence-corrected chi connectivity index (χ3v) is 2.33. The van der Waals surface area contributed by atoms with Gasteiger partial charge in [-0.2, -0.15) is 0 Å². The molecule has 5 heteroatoms. The monoisotopic (exact) mass is 211 g/mol. The summed E-state index contributed by atoms with van der Waals surface area (Å²) in [6.07, 6.45) is 2.12. The topological polar surface area (TPSA) is 74.7 Å². The van der Waals surface area contributed by atoms with Gasteiger partial charge >= 0.3 is 5.97 Å². The van der Waals surface area contributed by atoms with Gasteiger partial charge in [0.2, 0.25) is 0 Å². The number of carbonyl (C=O) groups is 3. The van der Waals surface area contributed by atoms with E-state index in [1.165, 1.54) is 12.2 Å². The lowest BCUT2D eigenvalue weighted by Crippen LogP contribution is -2.44. The van der Waals surface area contributed by atoms with Gasteiger partial charge in [0, 0.05) is 12.2 Å². The number of hydrogen-bond donors (Lipinski definition) is 1. The van der Waals surface area contributed by atoms with Gasteiger partial charge in [-0.1, -0.05) is 13.8 Å².